The molecule has 0 amide bonds. The Morgan fingerprint density at radius 1 is 1.22 bits per heavy atom. The Balaban J connectivity index is 2.98. The summed E-state index contributed by atoms with van der Waals surface area (Å²) >= 11 is 0. The van der Waals surface area contributed by atoms with E-state index in [0.717, 1.165) is 18.7 Å². The van der Waals surface area contributed by atoms with Gasteiger partial charge in [0.25, 0.3) is 0 Å². The third-order valence-corrected chi connectivity index (χ3v) is 3.18. The lowest BCUT2D eigenvalue weighted by Gasteiger charge is -2.26. The minimum absolute atomic E-state index is 0.137. The first-order valence-corrected chi connectivity index (χ1v) is 6.29. The zero-order valence-electron chi connectivity index (χ0n) is 12.0. The van der Waals surface area contributed by atoms with Crippen LogP contribution in [0.1, 0.15) is 18.5 Å². The molecule has 0 bridgehead atoms. The van der Waals surface area contributed by atoms with Crippen molar-refractivity contribution >= 4 is 5.69 Å². The maximum Gasteiger partial charge on any atom is 0.146 e. The lowest BCUT2D eigenvalue weighted by atomic mass is 10.0. The number of halogens is 1. The number of hydrogen-bond acceptors (Lipinski definition) is 3. The van der Waals surface area contributed by atoms with Gasteiger partial charge in [0.15, 0.2) is 0 Å². The first-order chi connectivity index (χ1) is 8.47. The van der Waals surface area contributed by atoms with E-state index in [-0.39, 0.29) is 11.9 Å². The fraction of sp³-hybridized carbons (Fsp3) is 0.571. The number of hydrogen-bond donors (Lipinski definition) is 1. The van der Waals surface area contributed by atoms with Gasteiger partial charge in [0.1, 0.15) is 5.82 Å². The van der Waals surface area contributed by atoms with Crippen molar-refractivity contribution in [2.75, 3.05) is 46.2 Å². The second-order valence-electron chi connectivity index (χ2n) is 4.91. The molecule has 0 saturated heterocycles. The van der Waals surface area contributed by atoms with Gasteiger partial charge in [-0.2, -0.15) is 0 Å². The summed E-state index contributed by atoms with van der Waals surface area (Å²) in [6, 6.07) is 5.40. The van der Waals surface area contributed by atoms with Gasteiger partial charge in [0.2, 0.25) is 0 Å². The largest absolute Gasteiger partial charge is 0.371 e. The fourth-order valence-corrected chi connectivity index (χ4v) is 1.90. The molecular formula is C14H24FN3. The molecule has 102 valence electrons. The van der Waals surface area contributed by atoms with Crippen LogP contribution in [0.4, 0.5) is 10.1 Å². The first kappa shape index (κ1) is 14.9. The third-order valence-electron chi connectivity index (χ3n) is 3.18. The smallest absolute Gasteiger partial charge is 0.146 e. The van der Waals surface area contributed by atoms with Crippen molar-refractivity contribution in [3.8, 4) is 0 Å². The summed E-state index contributed by atoms with van der Waals surface area (Å²) in [5.41, 5.74) is 1.69. The molecule has 0 spiro atoms. The normalized spacial score (nSPS) is 12.8. The van der Waals surface area contributed by atoms with E-state index < -0.39 is 0 Å². The lowest BCUT2D eigenvalue weighted by Crippen LogP contribution is -2.30. The third kappa shape index (κ3) is 3.68. The van der Waals surface area contributed by atoms with Crippen molar-refractivity contribution in [2.45, 2.75) is 13.0 Å². The quantitative estimate of drug-likeness (QED) is 0.837. The van der Waals surface area contributed by atoms with Crippen LogP contribution in [0.25, 0.3) is 0 Å². The Labute approximate surface area is 110 Å². The van der Waals surface area contributed by atoms with Gasteiger partial charge in [-0.05, 0) is 39.7 Å². The van der Waals surface area contributed by atoms with Crippen molar-refractivity contribution in [1.82, 2.24) is 10.2 Å². The van der Waals surface area contributed by atoms with E-state index in [1.54, 1.807) is 6.07 Å². The number of anilines is 1. The number of rotatable bonds is 6. The first-order valence-electron chi connectivity index (χ1n) is 6.29. The zero-order valence-corrected chi connectivity index (χ0v) is 12.0. The van der Waals surface area contributed by atoms with Crippen LogP contribution in [0, 0.1) is 5.82 Å². The molecule has 0 fully saturated rings. The van der Waals surface area contributed by atoms with E-state index in [9.17, 15) is 4.39 Å². The van der Waals surface area contributed by atoms with Gasteiger partial charge in [0, 0.05) is 26.2 Å². The number of nitrogens with zero attached hydrogens (tertiary/aromatic N) is 2. The van der Waals surface area contributed by atoms with Gasteiger partial charge in [-0.1, -0.05) is 12.1 Å². The van der Waals surface area contributed by atoms with Crippen LogP contribution in [-0.4, -0.2) is 46.2 Å². The van der Waals surface area contributed by atoms with Crippen LogP contribution in [0.5, 0.6) is 0 Å². The Hall–Kier alpha value is -1.13. The minimum atomic E-state index is -0.157. The summed E-state index contributed by atoms with van der Waals surface area (Å²) in [5, 5.41) is 3.16. The molecule has 3 nitrogen and oxygen atoms in total. The molecule has 1 N–H and O–H groups in total. The Bertz CT molecular complexity index is 379. The summed E-state index contributed by atoms with van der Waals surface area (Å²) < 4.78 is 14.0. The number of para-hydroxylation sites is 1. The van der Waals surface area contributed by atoms with Crippen molar-refractivity contribution < 1.29 is 4.39 Å². The van der Waals surface area contributed by atoms with Crippen LogP contribution in [0.15, 0.2) is 18.2 Å². The number of likely N-dealkylation sites (N-methyl/N-ethyl adjacent to an activating group) is 2. The molecular weight excluding hydrogens is 229 g/mol. The maximum atomic E-state index is 14.0. The van der Waals surface area contributed by atoms with E-state index in [2.05, 4.69) is 10.2 Å². The monoisotopic (exact) mass is 253 g/mol. The molecule has 1 atom stereocenters. The highest BCUT2D eigenvalue weighted by Gasteiger charge is 2.16. The topological polar surface area (TPSA) is 18.5 Å². The summed E-state index contributed by atoms with van der Waals surface area (Å²) in [7, 11) is 7.87. The lowest BCUT2D eigenvalue weighted by molar-refractivity contribution is 0.415. The second-order valence-corrected chi connectivity index (χ2v) is 4.91. The Kier molecular flexibility index (Phi) is 5.56. The van der Waals surface area contributed by atoms with Crippen LogP contribution >= 0.6 is 0 Å². The molecule has 1 rings (SSSR count). The summed E-state index contributed by atoms with van der Waals surface area (Å²) in [4.78, 5) is 4.08. The average Bonchev–Trinajstić information content (AvgIpc) is 2.34. The van der Waals surface area contributed by atoms with Crippen molar-refractivity contribution in [3.63, 3.8) is 0 Å². The highest BCUT2D eigenvalue weighted by Crippen LogP contribution is 2.28. The summed E-state index contributed by atoms with van der Waals surface area (Å²) in [6.07, 6.45) is 0. The fourth-order valence-electron chi connectivity index (χ4n) is 1.90. The molecule has 1 aromatic carbocycles. The van der Waals surface area contributed by atoms with Gasteiger partial charge in [-0.3, -0.25) is 0 Å². The van der Waals surface area contributed by atoms with E-state index >= 15 is 0 Å². The van der Waals surface area contributed by atoms with Crippen LogP contribution in [0.2, 0.25) is 0 Å². The molecule has 0 heterocycles. The second kappa shape index (κ2) is 6.71. The Morgan fingerprint density at radius 2 is 1.89 bits per heavy atom. The van der Waals surface area contributed by atoms with Gasteiger partial charge < -0.3 is 15.1 Å². The standard InChI is InChI=1S/C14H24FN3/c1-11(16-2)12-7-6-8-13(15)14(12)18(5)10-9-17(3)4/h6-8,11,16H,9-10H2,1-5H3. The maximum absolute atomic E-state index is 14.0. The average molecular weight is 253 g/mol. The molecule has 0 aromatic heterocycles. The molecule has 0 saturated carbocycles. The molecule has 0 aliphatic carbocycles. The number of nitrogens with one attached hydrogen (secondary N) is 1. The SMILES string of the molecule is CNC(C)c1cccc(F)c1N(C)CCN(C)C. The molecule has 18 heavy (non-hydrogen) atoms. The zero-order chi connectivity index (χ0) is 13.7. The molecule has 0 aliphatic heterocycles. The summed E-state index contributed by atoms with van der Waals surface area (Å²) in [6.45, 7) is 3.74. The van der Waals surface area contributed by atoms with E-state index in [0.29, 0.717) is 5.69 Å². The van der Waals surface area contributed by atoms with E-state index in [1.165, 1.54) is 6.07 Å². The van der Waals surface area contributed by atoms with Crippen molar-refractivity contribution in [3.05, 3.63) is 29.6 Å². The highest BCUT2D eigenvalue weighted by molar-refractivity contribution is 5.55. The van der Waals surface area contributed by atoms with Gasteiger partial charge in [0.05, 0.1) is 5.69 Å². The van der Waals surface area contributed by atoms with Crippen molar-refractivity contribution in [2.24, 2.45) is 0 Å². The Morgan fingerprint density at radius 3 is 2.44 bits per heavy atom. The van der Waals surface area contributed by atoms with Crippen LogP contribution in [0.3, 0.4) is 0 Å². The van der Waals surface area contributed by atoms with Crippen LogP contribution < -0.4 is 10.2 Å². The molecule has 0 radical (unpaired) electrons. The predicted octanol–water partition coefficient (Wildman–Crippen LogP) is 2.10. The molecule has 0 aliphatic rings. The van der Waals surface area contributed by atoms with Gasteiger partial charge in [-0.25, -0.2) is 4.39 Å². The molecule has 4 heteroatoms. The van der Waals surface area contributed by atoms with E-state index in [1.807, 2.05) is 46.1 Å². The van der Waals surface area contributed by atoms with Gasteiger partial charge >= 0.3 is 0 Å². The minimum Gasteiger partial charge on any atom is -0.371 e. The van der Waals surface area contributed by atoms with E-state index in [4.69, 9.17) is 0 Å². The van der Waals surface area contributed by atoms with Crippen LogP contribution in [-0.2, 0) is 0 Å². The highest BCUT2D eigenvalue weighted by atomic mass is 19.1. The predicted molar refractivity (Wildman–Crippen MR) is 75.7 cm³/mol. The van der Waals surface area contributed by atoms with Gasteiger partial charge in [-0.15, -0.1) is 0 Å². The molecule has 1 aromatic rings. The summed E-state index contributed by atoms with van der Waals surface area (Å²) in [5.74, 6) is -0.157. The number of benzene rings is 1. The van der Waals surface area contributed by atoms with Crippen molar-refractivity contribution in [1.29, 1.82) is 0 Å². The molecule has 1 unspecified atom stereocenters.